The first-order valence-corrected chi connectivity index (χ1v) is 6.17. The first-order valence-electron chi connectivity index (χ1n) is 5.79. The second kappa shape index (κ2) is 5.72. The standard InChI is InChI=1S/C16H14ClNO/c1-4-13-14(17)10-16(18-15(13)5-2)11-6-8-12(19-3)9-7-11/h4-10H,1-2H2,3H3. The van der Waals surface area contributed by atoms with Gasteiger partial charge in [0, 0.05) is 11.1 Å². The fourth-order valence-corrected chi connectivity index (χ4v) is 2.09. The lowest BCUT2D eigenvalue weighted by atomic mass is 10.1. The van der Waals surface area contributed by atoms with Crippen molar-refractivity contribution in [2.24, 2.45) is 0 Å². The molecule has 1 aromatic heterocycles. The molecule has 0 amide bonds. The number of pyridine rings is 1. The minimum atomic E-state index is 0.616. The Hall–Kier alpha value is -2.06. The van der Waals surface area contributed by atoms with Crippen molar-refractivity contribution in [3.05, 3.63) is 59.8 Å². The molecule has 2 nitrogen and oxygen atoms in total. The molecule has 2 aromatic rings. The van der Waals surface area contributed by atoms with Gasteiger partial charge in [-0.2, -0.15) is 0 Å². The predicted octanol–water partition coefficient (Wildman–Crippen LogP) is 4.70. The molecular formula is C16H14ClNO. The molecule has 0 aliphatic heterocycles. The molecule has 3 heteroatoms. The number of hydrogen-bond donors (Lipinski definition) is 0. The third-order valence-corrected chi connectivity index (χ3v) is 3.13. The molecular weight excluding hydrogens is 258 g/mol. The second-order valence-corrected chi connectivity index (χ2v) is 4.33. The molecule has 0 unspecified atom stereocenters. The highest BCUT2D eigenvalue weighted by Crippen LogP contribution is 2.28. The maximum atomic E-state index is 6.24. The Morgan fingerprint density at radius 2 is 1.84 bits per heavy atom. The van der Waals surface area contributed by atoms with Crippen molar-refractivity contribution in [3.8, 4) is 17.0 Å². The van der Waals surface area contributed by atoms with Crippen molar-refractivity contribution in [2.75, 3.05) is 7.11 Å². The minimum Gasteiger partial charge on any atom is -0.497 e. The molecule has 2 rings (SSSR count). The molecule has 0 bridgehead atoms. The first kappa shape index (κ1) is 13.4. The van der Waals surface area contributed by atoms with E-state index in [1.807, 2.05) is 30.3 Å². The number of ether oxygens (including phenoxy) is 1. The zero-order valence-corrected chi connectivity index (χ0v) is 11.4. The third kappa shape index (κ3) is 2.69. The van der Waals surface area contributed by atoms with Gasteiger partial charge in [-0.15, -0.1) is 0 Å². The summed E-state index contributed by atoms with van der Waals surface area (Å²) in [6, 6.07) is 9.49. The summed E-state index contributed by atoms with van der Waals surface area (Å²) in [7, 11) is 1.64. The van der Waals surface area contributed by atoms with Crippen LogP contribution in [-0.2, 0) is 0 Å². The van der Waals surface area contributed by atoms with E-state index in [-0.39, 0.29) is 0 Å². The maximum absolute atomic E-state index is 6.24. The van der Waals surface area contributed by atoms with E-state index in [4.69, 9.17) is 16.3 Å². The van der Waals surface area contributed by atoms with E-state index in [0.717, 1.165) is 28.3 Å². The number of hydrogen-bond acceptors (Lipinski definition) is 2. The molecule has 0 aliphatic rings. The first-order chi connectivity index (χ1) is 9.19. The van der Waals surface area contributed by atoms with Gasteiger partial charge in [0.05, 0.1) is 23.5 Å². The maximum Gasteiger partial charge on any atom is 0.118 e. The van der Waals surface area contributed by atoms with Crippen LogP contribution in [0.25, 0.3) is 23.4 Å². The van der Waals surface area contributed by atoms with Gasteiger partial charge in [-0.3, -0.25) is 0 Å². The number of benzene rings is 1. The lowest BCUT2D eigenvalue weighted by Crippen LogP contribution is -1.92. The van der Waals surface area contributed by atoms with Crippen LogP contribution in [0.15, 0.2) is 43.5 Å². The van der Waals surface area contributed by atoms with Gasteiger partial charge >= 0.3 is 0 Å². The summed E-state index contributed by atoms with van der Waals surface area (Å²) in [6.07, 6.45) is 3.36. The molecule has 19 heavy (non-hydrogen) atoms. The van der Waals surface area contributed by atoms with Crippen LogP contribution in [0.3, 0.4) is 0 Å². The molecule has 0 aliphatic carbocycles. The fourth-order valence-electron chi connectivity index (χ4n) is 1.81. The van der Waals surface area contributed by atoms with Crippen LogP contribution in [0.4, 0.5) is 0 Å². The van der Waals surface area contributed by atoms with Crippen LogP contribution >= 0.6 is 11.6 Å². The normalized spacial score (nSPS) is 10.0. The Balaban J connectivity index is 2.52. The molecule has 0 radical (unpaired) electrons. The molecule has 0 fully saturated rings. The van der Waals surface area contributed by atoms with Crippen LogP contribution in [0.1, 0.15) is 11.3 Å². The number of halogens is 1. The number of methoxy groups -OCH3 is 1. The molecule has 0 saturated heterocycles. The monoisotopic (exact) mass is 271 g/mol. The molecule has 0 spiro atoms. The minimum absolute atomic E-state index is 0.616. The Bertz CT molecular complexity index is 617. The van der Waals surface area contributed by atoms with E-state index in [9.17, 15) is 0 Å². The average molecular weight is 272 g/mol. The SMILES string of the molecule is C=Cc1nc(-c2ccc(OC)cc2)cc(Cl)c1C=C. The Morgan fingerprint density at radius 1 is 1.16 bits per heavy atom. The average Bonchev–Trinajstić information content (AvgIpc) is 2.46. The quantitative estimate of drug-likeness (QED) is 0.804. The van der Waals surface area contributed by atoms with Gasteiger partial charge in [0.25, 0.3) is 0 Å². The van der Waals surface area contributed by atoms with E-state index in [2.05, 4.69) is 18.1 Å². The lowest BCUT2D eigenvalue weighted by Gasteiger charge is -2.08. The van der Waals surface area contributed by atoms with Crippen molar-refractivity contribution >= 4 is 23.8 Å². The zero-order chi connectivity index (χ0) is 13.8. The molecule has 0 atom stereocenters. The fraction of sp³-hybridized carbons (Fsp3) is 0.0625. The highest BCUT2D eigenvalue weighted by molar-refractivity contribution is 6.32. The van der Waals surface area contributed by atoms with Crippen LogP contribution < -0.4 is 4.74 Å². The molecule has 96 valence electrons. The predicted molar refractivity (Wildman–Crippen MR) is 81.4 cm³/mol. The molecule has 0 saturated carbocycles. The molecule has 0 N–H and O–H groups in total. The van der Waals surface area contributed by atoms with Gasteiger partial charge in [-0.1, -0.05) is 30.8 Å². The van der Waals surface area contributed by atoms with Crippen molar-refractivity contribution in [1.82, 2.24) is 4.98 Å². The van der Waals surface area contributed by atoms with E-state index in [1.165, 1.54) is 0 Å². The smallest absolute Gasteiger partial charge is 0.118 e. The van der Waals surface area contributed by atoms with Crippen molar-refractivity contribution in [1.29, 1.82) is 0 Å². The molecule has 1 aromatic carbocycles. The van der Waals surface area contributed by atoms with Crippen molar-refractivity contribution in [2.45, 2.75) is 0 Å². The summed E-state index contributed by atoms with van der Waals surface area (Å²) in [5.41, 5.74) is 3.30. The zero-order valence-electron chi connectivity index (χ0n) is 10.7. The highest BCUT2D eigenvalue weighted by Gasteiger charge is 2.08. The van der Waals surface area contributed by atoms with E-state index in [1.54, 1.807) is 19.3 Å². The summed E-state index contributed by atoms with van der Waals surface area (Å²) in [5.74, 6) is 0.807. The van der Waals surface area contributed by atoms with Crippen LogP contribution in [-0.4, -0.2) is 12.1 Å². The summed E-state index contributed by atoms with van der Waals surface area (Å²) >= 11 is 6.24. The third-order valence-electron chi connectivity index (χ3n) is 2.82. The Labute approximate surface area is 118 Å². The Morgan fingerprint density at radius 3 is 2.37 bits per heavy atom. The molecule has 1 heterocycles. The lowest BCUT2D eigenvalue weighted by molar-refractivity contribution is 0.415. The van der Waals surface area contributed by atoms with Crippen molar-refractivity contribution < 1.29 is 4.74 Å². The number of nitrogens with zero attached hydrogens (tertiary/aromatic N) is 1. The highest BCUT2D eigenvalue weighted by atomic mass is 35.5. The topological polar surface area (TPSA) is 22.1 Å². The van der Waals surface area contributed by atoms with Crippen LogP contribution in [0.5, 0.6) is 5.75 Å². The number of rotatable bonds is 4. The second-order valence-electron chi connectivity index (χ2n) is 3.92. The van der Waals surface area contributed by atoms with Gasteiger partial charge in [0.2, 0.25) is 0 Å². The van der Waals surface area contributed by atoms with Crippen molar-refractivity contribution in [3.63, 3.8) is 0 Å². The summed E-state index contributed by atoms with van der Waals surface area (Å²) in [4.78, 5) is 4.53. The summed E-state index contributed by atoms with van der Waals surface area (Å²) in [5, 5.41) is 0.616. The van der Waals surface area contributed by atoms with Gasteiger partial charge in [-0.25, -0.2) is 4.98 Å². The number of aromatic nitrogens is 1. The summed E-state index contributed by atoms with van der Waals surface area (Å²) < 4.78 is 5.13. The summed E-state index contributed by atoms with van der Waals surface area (Å²) in [6.45, 7) is 7.49. The van der Waals surface area contributed by atoms with Gasteiger partial charge < -0.3 is 4.74 Å². The largest absolute Gasteiger partial charge is 0.497 e. The van der Waals surface area contributed by atoms with E-state index < -0.39 is 0 Å². The van der Waals surface area contributed by atoms with Gasteiger partial charge in [-0.05, 0) is 36.4 Å². The van der Waals surface area contributed by atoms with E-state index in [0.29, 0.717) is 5.02 Å². The van der Waals surface area contributed by atoms with Gasteiger partial charge in [0.1, 0.15) is 5.75 Å². The van der Waals surface area contributed by atoms with Crippen LogP contribution in [0, 0.1) is 0 Å². The van der Waals surface area contributed by atoms with Gasteiger partial charge in [0.15, 0.2) is 0 Å². The van der Waals surface area contributed by atoms with Crippen LogP contribution in [0.2, 0.25) is 5.02 Å². The Kier molecular flexibility index (Phi) is 4.03. The van der Waals surface area contributed by atoms with E-state index >= 15 is 0 Å².